The molecule has 0 unspecified atom stereocenters. The molecule has 0 rings (SSSR count). The van der Waals surface area contributed by atoms with Gasteiger partial charge in [-0.25, -0.2) is 0 Å². The second-order valence-corrected chi connectivity index (χ2v) is 2.63. The Balaban J connectivity index is 0. The number of rotatable bonds is 3. The number of carboxylic acids is 1. The molecule has 3 radical (unpaired) electrons. The number of hydrogen-bond acceptors (Lipinski definition) is 2. The fraction of sp³-hybridized carbons (Fsp3) is 0.429. The maximum absolute atomic E-state index is 10.6. The molecule has 0 spiro atoms. The average Bonchev–Trinajstić information content (AvgIpc) is 1.85. The summed E-state index contributed by atoms with van der Waals surface area (Å²) in [6.45, 7) is 3.19. The number of aliphatic carboxylic acids is 1. The van der Waals surface area contributed by atoms with E-state index in [4.69, 9.17) is 13.0 Å². The van der Waals surface area contributed by atoms with Crippen LogP contribution in [0.25, 0.3) is 0 Å². The Bertz CT molecular complexity index is 198. The van der Waals surface area contributed by atoms with Crippen LogP contribution < -0.4 is 0 Å². The molecular weight excluding hydrogens is 246 g/mol. The van der Waals surface area contributed by atoms with Crippen molar-refractivity contribution in [3.63, 3.8) is 0 Å². The summed E-state index contributed by atoms with van der Waals surface area (Å²) >= 11 is 0. The van der Waals surface area contributed by atoms with Crippen LogP contribution in [0.1, 0.15) is 13.8 Å². The Morgan fingerprint density at radius 2 is 1.92 bits per heavy atom. The van der Waals surface area contributed by atoms with E-state index in [1.165, 1.54) is 0 Å². The van der Waals surface area contributed by atoms with Crippen LogP contribution in [0.2, 0.25) is 0 Å². The van der Waals surface area contributed by atoms with Gasteiger partial charge in [-0.2, -0.15) is 13.8 Å². The minimum Gasteiger partial charge on any atom is -0.519 e. The van der Waals surface area contributed by atoms with Crippen molar-refractivity contribution in [2.24, 2.45) is 0 Å². The SMILES string of the molecule is [B]C(=O)N([CH2-])[C@H](C(=O)O)[C-](C)C.[Y]. The molecule has 1 atom stereocenters. The van der Waals surface area contributed by atoms with Crippen LogP contribution >= 0.6 is 0 Å². The third-order valence-corrected chi connectivity index (χ3v) is 1.38. The molecular formula is C7H10BNO3Y-2. The fourth-order valence-electron chi connectivity index (χ4n) is 0.819. The van der Waals surface area contributed by atoms with Gasteiger partial charge in [0.15, 0.2) is 7.85 Å². The van der Waals surface area contributed by atoms with E-state index in [-0.39, 0.29) is 32.7 Å². The van der Waals surface area contributed by atoms with E-state index < -0.39 is 17.8 Å². The number of hydrogen-bond donors (Lipinski definition) is 1. The van der Waals surface area contributed by atoms with Crippen LogP contribution in [0.3, 0.4) is 0 Å². The molecule has 13 heavy (non-hydrogen) atoms. The van der Waals surface area contributed by atoms with Crippen LogP contribution in [-0.4, -0.2) is 35.7 Å². The minimum atomic E-state index is -1.14. The zero-order chi connectivity index (χ0) is 9.89. The molecule has 0 aliphatic rings. The van der Waals surface area contributed by atoms with E-state index in [0.717, 1.165) is 4.90 Å². The average molecular weight is 256 g/mol. The number of carboxylic acid groups (broad SMARTS) is 1. The van der Waals surface area contributed by atoms with E-state index >= 15 is 0 Å². The summed E-state index contributed by atoms with van der Waals surface area (Å²) < 4.78 is 0. The summed E-state index contributed by atoms with van der Waals surface area (Å²) in [6.07, 6.45) is 0. The number of nitrogens with zero attached hydrogens (tertiary/aromatic N) is 1. The number of carbonyl (C=O) groups excluding carboxylic acids is 1. The van der Waals surface area contributed by atoms with Gasteiger partial charge in [-0.1, -0.05) is 0 Å². The second kappa shape index (κ2) is 6.55. The van der Waals surface area contributed by atoms with Gasteiger partial charge in [0.1, 0.15) is 5.81 Å². The Kier molecular flexibility index (Phi) is 7.84. The van der Waals surface area contributed by atoms with Gasteiger partial charge >= 0.3 is 0 Å². The molecule has 0 aromatic carbocycles. The van der Waals surface area contributed by atoms with Crippen molar-refractivity contribution in [2.45, 2.75) is 19.9 Å². The molecule has 4 nitrogen and oxygen atoms in total. The van der Waals surface area contributed by atoms with Crippen molar-refractivity contribution in [1.82, 2.24) is 4.90 Å². The van der Waals surface area contributed by atoms with Crippen molar-refractivity contribution in [2.75, 3.05) is 0 Å². The molecule has 0 saturated carbocycles. The molecule has 1 amide bonds. The molecule has 0 saturated heterocycles. The molecule has 1 N–H and O–H groups in total. The molecule has 0 aliphatic carbocycles. The molecule has 0 bridgehead atoms. The topological polar surface area (TPSA) is 57.6 Å². The molecule has 0 aromatic heterocycles. The monoisotopic (exact) mass is 256 g/mol. The summed E-state index contributed by atoms with van der Waals surface area (Å²) in [4.78, 5) is 21.9. The number of carbonyl (C=O) groups is 2. The Labute approximate surface area is 104 Å². The van der Waals surface area contributed by atoms with Crippen LogP contribution in [0.15, 0.2) is 0 Å². The first-order chi connectivity index (χ1) is 5.37. The van der Waals surface area contributed by atoms with Crippen LogP contribution in [0, 0.1) is 13.0 Å². The van der Waals surface area contributed by atoms with Crippen LogP contribution in [0.4, 0.5) is 4.79 Å². The fourth-order valence-corrected chi connectivity index (χ4v) is 0.819. The normalized spacial score (nSPS) is 11.7. The summed E-state index contributed by atoms with van der Waals surface area (Å²) in [5.41, 5.74) is 0. The van der Waals surface area contributed by atoms with Gasteiger partial charge in [0.2, 0.25) is 0 Å². The third-order valence-electron chi connectivity index (χ3n) is 1.38. The van der Waals surface area contributed by atoms with E-state index in [1.54, 1.807) is 13.8 Å². The van der Waals surface area contributed by atoms with Crippen molar-refractivity contribution >= 4 is 19.6 Å². The van der Waals surface area contributed by atoms with Crippen LogP contribution in [-0.2, 0) is 37.5 Å². The minimum absolute atomic E-state index is 0. The predicted octanol–water partition coefficient (Wildman–Crippen LogP) is 0.433. The first kappa shape index (κ1) is 15.6. The molecule has 0 fully saturated rings. The predicted molar refractivity (Wildman–Crippen MR) is 44.4 cm³/mol. The van der Waals surface area contributed by atoms with Gasteiger partial charge in [0.25, 0.3) is 5.97 Å². The standard InChI is InChI=1S/C7H10BNO3.Y/c1-4(2)5(6(10)11)9(3)7(8)12;/h5H,3H2,1-2H3,(H,10,11);/q-2;/t5-;/m0./s1. The zero-order valence-electron chi connectivity index (χ0n) is 7.65. The summed E-state index contributed by atoms with van der Waals surface area (Å²) in [6, 6.07) is -1.04. The van der Waals surface area contributed by atoms with Gasteiger partial charge in [-0.05, 0) is 6.04 Å². The van der Waals surface area contributed by atoms with E-state index in [0.29, 0.717) is 5.92 Å². The van der Waals surface area contributed by atoms with Crippen molar-refractivity contribution in [3.8, 4) is 0 Å². The van der Waals surface area contributed by atoms with E-state index in [1.807, 2.05) is 0 Å². The van der Waals surface area contributed by atoms with Gasteiger partial charge in [0.05, 0.1) is 0 Å². The van der Waals surface area contributed by atoms with Crippen molar-refractivity contribution < 1.29 is 47.4 Å². The quantitative estimate of drug-likeness (QED) is 0.588. The smallest absolute Gasteiger partial charge is 0.292 e. The third kappa shape index (κ3) is 4.77. The Morgan fingerprint density at radius 1 is 1.54 bits per heavy atom. The maximum atomic E-state index is 10.6. The van der Waals surface area contributed by atoms with E-state index in [9.17, 15) is 9.59 Å². The van der Waals surface area contributed by atoms with Gasteiger partial charge < -0.3 is 10.0 Å². The molecule has 0 aliphatic heterocycles. The Morgan fingerprint density at radius 3 is 2.00 bits per heavy atom. The summed E-state index contributed by atoms with van der Waals surface area (Å²) in [5, 5.41) is 8.65. The first-order valence-electron chi connectivity index (χ1n) is 3.30. The van der Waals surface area contributed by atoms with Crippen molar-refractivity contribution in [3.05, 3.63) is 13.0 Å². The van der Waals surface area contributed by atoms with Gasteiger partial charge in [-0.3, -0.25) is 22.6 Å². The van der Waals surface area contributed by atoms with Crippen molar-refractivity contribution in [1.29, 1.82) is 0 Å². The maximum Gasteiger partial charge on any atom is 0.292 e. The molecule has 0 heterocycles. The first-order valence-corrected chi connectivity index (χ1v) is 3.30. The molecule has 69 valence electrons. The zero-order valence-corrected chi connectivity index (χ0v) is 10.5. The molecule has 6 heteroatoms. The van der Waals surface area contributed by atoms with Gasteiger partial charge in [-0.15, -0.1) is 0 Å². The second-order valence-electron chi connectivity index (χ2n) is 2.63. The van der Waals surface area contributed by atoms with Gasteiger partial charge in [0, 0.05) is 32.7 Å². The van der Waals surface area contributed by atoms with Crippen LogP contribution in [0.5, 0.6) is 0 Å². The summed E-state index contributed by atoms with van der Waals surface area (Å²) in [7, 11) is 8.10. The molecule has 0 aromatic rings. The summed E-state index contributed by atoms with van der Waals surface area (Å²) in [5.74, 6) is -1.44. The van der Waals surface area contributed by atoms with E-state index in [2.05, 4.69) is 7.05 Å². The largest absolute Gasteiger partial charge is 0.519 e. The Hall–Kier alpha value is 0.109. The number of amides is 1.